The number of nitrogens with one attached hydrogen (secondary N) is 2. The minimum absolute atomic E-state index is 0.235. The van der Waals surface area contributed by atoms with Gasteiger partial charge in [-0.05, 0) is 31.9 Å². The lowest BCUT2D eigenvalue weighted by Crippen LogP contribution is -2.30. The summed E-state index contributed by atoms with van der Waals surface area (Å²) in [5.41, 5.74) is 2.14. The van der Waals surface area contributed by atoms with Gasteiger partial charge in [0.25, 0.3) is 0 Å². The zero-order valence-electron chi connectivity index (χ0n) is 14.2. The number of nitrogens with zero attached hydrogens (tertiary/aromatic N) is 4. The molecule has 130 valence electrons. The molecule has 2 heterocycles. The standard InChI is InChI=1S/C17H20N6OS/c1-3-19-16(18-2)23-17-22-13(10-25-17)12-8-9-20-15(21-12)11-6-4-5-7-14(11)24/h6-10,24H,3-5H2,1-2H3,(H2,18,19,22,23). The zero-order chi connectivity index (χ0) is 17.6. The summed E-state index contributed by atoms with van der Waals surface area (Å²) in [6, 6.07) is 1.81. The van der Waals surface area contributed by atoms with Crippen LogP contribution in [-0.4, -0.2) is 39.6 Å². The summed E-state index contributed by atoms with van der Waals surface area (Å²) in [4.78, 5) is 17.5. The van der Waals surface area contributed by atoms with Crippen LogP contribution in [-0.2, 0) is 0 Å². The molecule has 0 fully saturated rings. The van der Waals surface area contributed by atoms with E-state index in [4.69, 9.17) is 0 Å². The smallest absolute Gasteiger partial charge is 0.197 e. The number of aromatic nitrogens is 3. The molecule has 0 saturated heterocycles. The first-order valence-electron chi connectivity index (χ1n) is 8.08. The number of aliphatic hydroxyl groups excluding tert-OH is 1. The number of guanidine groups is 1. The topological polar surface area (TPSA) is 95.3 Å². The van der Waals surface area contributed by atoms with E-state index in [0.717, 1.165) is 30.2 Å². The van der Waals surface area contributed by atoms with Crippen LogP contribution in [0.5, 0.6) is 0 Å². The monoisotopic (exact) mass is 356 g/mol. The molecule has 0 spiro atoms. The molecule has 8 heteroatoms. The fourth-order valence-corrected chi connectivity index (χ4v) is 3.10. The minimum atomic E-state index is 0.235. The maximum atomic E-state index is 10.0. The molecular formula is C17H20N6OS. The molecule has 25 heavy (non-hydrogen) atoms. The van der Waals surface area contributed by atoms with Crippen molar-refractivity contribution in [2.45, 2.75) is 19.8 Å². The van der Waals surface area contributed by atoms with E-state index in [-0.39, 0.29) is 5.76 Å². The molecule has 0 radical (unpaired) electrons. The molecule has 0 saturated carbocycles. The fourth-order valence-electron chi connectivity index (χ4n) is 2.40. The second-order valence-electron chi connectivity index (χ2n) is 5.32. The van der Waals surface area contributed by atoms with Gasteiger partial charge < -0.3 is 15.7 Å². The van der Waals surface area contributed by atoms with Crippen LogP contribution >= 0.6 is 11.3 Å². The first kappa shape index (κ1) is 17.1. The molecule has 0 aliphatic heterocycles. The fraction of sp³-hybridized carbons (Fsp3) is 0.294. The Kier molecular flexibility index (Phi) is 5.39. The van der Waals surface area contributed by atoms with Crippen LogP contribution in [0.2, 0.25) is 0 Å². The van der Waals surface area contributed by atoms with Gasteiger partial charge >= 0.3 is 0 Å². The van der Waals surface area contributed by atoms with Crippen molar-refractivity contribution in [3.05, 3.63) is 41.4 Å². The molecule has 0 unspecified atom stereocenters. The van der Waals surface area contributed by atoms with E-state index in [0.29, 0.717) is 23.1 Å². The Balaban J connectivity index is 1.82. The molecule has 1 aliphatic rings. The van der Waals surface area contributed by atoms with Gasteiger partial charge in [0.05, 0.1) is 11.3 Å². The van der Waals surface area contributed by atoms with E-state index in [1.165, 1.54) is 11.3 Å². The molecule has 0 atom stereocenters. The summed E-state index contributed by atoms with van der Waals surface area (Å²) in [6.45, 7) is 2.78. The molecule has 0 amide bonds. The van der Waals surface area contributed by atoms with Crippen LogP contribution in [0.1, 0.15) is 25.6 Å². The quantitative estimate of drug-likeness (QED) is 0.575. The summed E-state index contributed by atoms with van der Waals surface area (Å²) in [5, 5.41) is 19.0. The molecule has 2 aromatic rings. The number of anilines is 1. The summed E-state index contributed by atoms with van der Waals surface area (Å²) >= 11 is 1.48. The van der Waals surface area contributed by atoms with Gasteiger partial charge in [0, 0.05) is 25.2 Å². The SMILES string of the molecule is CCNC(=NC)Nc1nc(-c2ccnc(C3=CCCC=C3O)n2)cs1. The molecule has 2 aromatic heterocycles. The van der Waals surface area contributed by atoms with E-state index < -0.39 is 0 Å². The van der Waals surface area contributed by atoms with E-state index in [1.807, 2.05) is 24.4 Å². The molecule has 7 nitrogen and oxygen atoms in total. The van der Waals surface area contributed by atoms with Gasteiger partial charge in [-0.15, -0.1) is 11.3 Å². The third-order valence-electron chi connectivity index (χ3n) is 3.59. The maximum Gasteiger partial charge on any atom is 0.197 e. The minimum Gasteiger partial charge on any atom is -0.508 e. The number of allylic oxidation sites excluding steroid dienone is 3. The normalized spacial score (nSPS) is 14.7. The van der Waals surface area contributed by atoms with Crippen molar-refractivity contribution in [3.63, 3.8) is 0 Å². The zero-order valence-corrected chi connectivity index (χ0v) is 15.0. The lowest BCUT2D eigenvalue weighted by atomic mass is 10.0. The van der Waals surface area contributed by atoms with Crippen molar-refractivity contribution in [1.29, 1.82) is 0 Å². The molecular weight excluding hydrogens is 336 g/mol. The van der Waals surface area contributed by atoms with Crippen molar-refractivity contribution >= 4 is 28.0 Å². The second kappa shape index (κ2) is 7.89. The number of aliphatic hydroxyl groups is 1. The second-order valence-corrected chi connectivity index (χ2v) is 6.17. The average Bonchev–Trinajstić information content (AvgIpc) is 3.10. The number of rotatable bonds is 4. The number of aliphatic imine (C=N–C) groups is 1. The summed E-state index contributed by atoms with van der Waals surface area (Å²) in [5.74, 6) is 1.42. The van der Waals surface area contributed by atoms with Gasteiger partial charge in [0.1, 0.15) is 11.5 Å². The van der Waals surface area contributed by atoms with Crippen molar-refractivity contribution in [1.82, 2.24) is 20.3 Å². The molecule has 0 aromatic carbocycles. The molecule has 3 rings (SSSR count). The van der Waals surface area contributed by atoms with Gasteiger partial charge in [0.2, 0.25) is 0 Å². The first-order valence-corrected chi connectivity index (χ1v) is 8.96. The Labute approximate surface area is 150 Å². The third kappa shape index (κ3) is 4.03. The van der Waals surface area contributed by atoms with Crippen LogP contribution in [0.4, 0.5) is 5.13 Å². The highest BCUT2D eigenvalue weighted by Crippen LogP contribution is 2.27. The predicted molar refractivity (Wildman–Crippen MR) is 102 cm³/mol. The summed E-state index contributed by atoms with van der Waals surface area (Å²) < 4.78 is 0. The largest absolute Gasteiger partial charge is 0.508 e. The molecule has 3 N–H and O–H groups in total. The van der Waals surface area contributed by atoms with Crippen LogP contribution < -0.4 is 10.6 Å². The Morgan fingerprint density at radius 2 is 2.12 bits per heavy atom. The van der Waals surface area contributed by atoms with Gasteiger partial charge in [0.15, 0.2) is 16.9 Å². The Bertz CT molecular complexity index is 839. The Morgan fingerprint density at radius 1 is 1.28 bits per heavy atom. The highest BCUT2D eigenvalue weighted by Gasteiger charge is 2.15. The summed E-state index contributed by atoms with van der Waals surface area (Å²) in [6.07, 6.45) is 7.15. The lowest BCUT2D eigenvalue weighted by Gasteiger charge is -2.10. The highest BCUT2D eigenvalue weighted by molar-refractivity contribution is 7.14. The number of thiazole rings is 1. The van der Waals surface area contributed by atoms with Gasteiger partial charge in [-0.25, -0.2) is 15.0 Å². The maximum absolute atomic E-state index is 10.0. The van der Waals surface area contributed by atoms with E-state index >= 15 is 0 Å². The Hall–Kier alpha value is -2.74. The van der Waals surface area contributed by atoms with Crippen LogP contribution in [0, 0.1) is 0 Å². The van der Waals surface area contributed by atoms with Crippen molar-refractivity contribution in [3.8, 4) is 11.4 Å². The third-order valence-corrected chi connectivity index (χ3v) is 4.34. The van der Waals surface area contributed by atoms with Crippen LogP contribution in [0.25, 0.3) is 17.0 Å². The predicted octanol–water partition coefficient (Wildman–Crippen LogP) is 3.23. The van der Waals surface area contributed by atoms with Gasteiger partial charge in [-0.2, -0.15) is 0 Å². The number of hydrogen-bond acceptors (Lipinski definition) is 6. The van der Waals surface area contributed by atoms with Crippen LogP contribution in [0.15, 0.2) is 40.5 Å². The average molecular weight is 356 g/mol. The highest BCUT2D eigenvalue weighted by atomic mass is 32.1. The van der Waals surface area contributed by atoms with E-state index in [9.17, 15) is 5.11 Å². The lowest BCUT2D eigenvalue weighted by molar-refractivity contribution is 0.432. The van der Waals surface area contributed by atoms with E-state index in [2.05, 4.69) is 30.6 Å². The van der Waals surface area contributed by atoms with Gasteiger partial charge in [-0.1, -0.05) is 6.08 Å². The van der Waals surface area contributed by atoms with Crippen LogP contribution in [0.3, 0.4) is 0 Å². The van der Waals surface area contributed by atoms with Gasteiger partial charge in [-0.3, -0.25) is 4.99 Å². The Morgan fingerprint density at radius 3 is 2.88 bits per heavy atom. The number of hydrogen-bond donors (Lipinski definition) is 3. The van der Waals surface area contributed by atoms with Crippen molar-refractivity contribution < 1.29 is 5.11 Å². The van der Waals surface area contributed by atoms with Crippen molar-refractivity contribution in [2.75, 3.05) is 18.9 Å². The van der Waals surface area contributed by atoms with Crippen molar-refractivity contribution in [2.24, 2.45) is 4.99 Å². The molecule has 1 aliphatic carbocycles. The molecule has 0 bridgehead atoms. The van der Waals surface area contributed by atoms with E-state index in [1.54, 1.807) is 19.3 Å². The summed E-state index contributed by atoms with van der Waals surface area (Å²) in [7, 11) is 1.72. The first-order chi connectivity index (χ1) is 12.2.